The molecule has 0 amide bonds. The first-order chi connectivity index (χ1) is 4.74. The van der Waals surface area contributed by atoms with Gasteiger partial charge in [0.2, 0.25) is 0 Å². The molecule has 0 bridgehead atoms. The summed E-state index contributed by atoms with van der Waals surface area (Å²) in [5.74, 6) is 0.384. The summed E-state index contributed by atoms with van der Waals surface area (Å²) in [7, 11) is 1.43. The Morgan fingerprint density at radius 1 is 1.27 bits per heavy atom. The molecule has 0 heterocycles. The van der Waals surface area contributed by atoms with Crippen molar-refractivity contribution in [1.82, 2.24) is 0 Å². The second-order valence-corrected chi connectivity index (χ2v) is 1.86. The van der Waals surface area contributed by atoms with E-state index in [1.807, 2.05) is 0 Å². The van der Waals surface area contributed by atoms with Gasteiger partial charge in [-0.3, -0.25) is 0 Å². The largest absolute Gasteiger partial charge is 0.508 e. The molecular formula is C7H10O4. The molecule has 4 nitrogen and oxygen atoms in total. The summed E-state index contributed by atoms with van der Waals surface area (Å²) in [5, 5.41) is 17.9. The van der Waals surface area contributed by atoms with Crippen LogP contribution in [0.15, 0.2) is 18.2 Å². The van der Waals surface area contributed by atoms with Gasteiger partial charge in [-0.05, 0) is 12.1 Å². The van der Waals surface area contributed by atoms with Crippen molar-refractivity contribution in [2.45, 2.75) is 0 Å². The number of aromatic hydroxyl groups is 2. The highest BCUT2D eigenvalue weighted by molar-refractivity contribution is 5.43. The summed E-state index contributed by atoms with van der Waals surface area (Å²) in [6.07, 6.45) is 0. The van der Waals surface area contributed by atoms with E-state index in [0.717, 1.165) is 0 Å². The molecule has 0 aromatic heterocycles. The molecule has 1 aromatic rings. The molecule has 62 valence electrons. The first kappa shape index (κ1) is 9.58. The Bertz CT molecular complexity index is 234. The molecule has 11 heavy (non-hydrogen) atoms. The minimum absolute atomic E-state index is 0. The number of benzene rings is 1. The number of rotatable bonds is 1. The van der Waals surface area contributed by atoms with Gasteiger partial charge < -0.3 is 20.4 Å². The molecular weight excluding hydrogens is 148 g/mol. The summed E-state index contributed by atoms with van der Waals surface area (Å²) < 4.78 is 4.72. The Morgan fingerprint density at radius 2 is 1.91 bits per heavy atom. The first-order valence-electron chi connectivity index (χ1n) is 2.80. The van der Waals surface area contributed by atoms with E-state index in [1.165, 1.54) is 25.3 Å². The number of hydrogen-bond donors (Lipinski definition) is 2. The molecule has 0 atom stereocenters. The van der Waals surface area contributed by atoms with Crippen LogP contribution >= 0.6 is 0 Å². The van der Waals surface area contributed by atoms with Gasteiger partial charge in [-0.15, -0.1) is 0 Å². The number of methoxy groups -OCH3 is 1. The van der Waals surface area contributed by atoms with E-state index in [4.69, 9.17) is 14.9 Å². The lowest BCUT2D eigenvalue weighted by Gasteiger charge is -2.01. The number of phenolic OH excluding ortho intramolecular Hbond substituents is 2. The second kappa shape index (κ2) is 3.68. The molecule has 0 saturated carbocycles. The Kier molecular flexibility index (Phi) is 3.20. The zero-order chi connectivity index (χ0) is 7.56. The average molecular weight is 158 g/mol. The van der Waals surface area contributed by atoms with Crippen LogP contribution in [-0.2, 0) is 0 Å². The van der Waals surface area contributed by atoms with Crippen LogP contribution in [0.5, 0.6) is 17.2 Å². The van der Waals surface area contributed by atoms with E-state index in [1.54, 1.807) is 0 Å². The van der Waals surface area contributed by atoms with Crippen LogP contribution < -0.4 is 4.74 Å². The topological polar surface area (TPSA) is 81.2 Å². The zero-order valence-corrected chi connectivity index (χ0v) is 6.03. The van der Waals surface area contributed by atoms with Gasteiger partial charge in [0.05, 0.1) is 7.11 Å². The molecule has 0 spiro atoms. The van der Waals surface area contributed by atoms with Gasteiger partial charge in [-0.2, -0.15) is 0 Å². The molecule has 0 aliphatic carbocycles. The van der Waals surface area contributed by atoms with Crippen molar-refractivity contribution in [3.63, 3.8) is 0 Å². The van der Waals surface area contributed by atoms with E-state index in [2.05, 4.69) is 0 Å². The third-order valence-corrected chi connectivity index (χ3v) is 1.16. The van der Waals surface area contributed by atoms with Crippen molar-refractivity contribution in [3.05, 3.63) is 18.2 Å². The fourth-order valence-corrected chi connectivity index (χ4v) is 0.666. The molecule has 4 N–H and O–H groups in total. The summed E-state index contributed by atoms with van der Waals surface area (Å²) in [4.78, 5) is 0. The highest BCUT2D eigenvalue weighted by Crippen LogP contribution is 2.28. The summed E-state index contributed by atoms with van der Waals surface area (Å²) >= 11 is 0. The maximum absolute atomic E-state index is 9.00. The van der Waals surface area contributed by atoms with E-state index in [9.17, 15) is 0 Å². The minimum Gasteiger partial charge on any atom is -0.508 e. The molecule has 1 rings (SSSR count). The van der Waals surface area contributed by atoms with E-state index in [0.29, 0.717) is 0 Å². The van der Waals surface area contributed by atoms with Gasteiger partial charge in [-0.25, -0.2) is 0 Å². The molecule has 4 heteroatoms. The van der Waals surface area contributed by atoms with Gasteiger partial charge in [0.15, 0.2) is 11.5 Å². The second-order valence-electron chi connectivity index (χ2n) is 1.86. The smallest absolute Gasteiger partial charge is 0.164 e. The van der Waals surface area contributed by atoms with Gasteiger partial charge >= 0.3 is 0 Å². The van der Waals surface area contributed by atoms with Crippen molar-refractivity contribution in [2.75, 3.05) is 7.11 Å². The van der Waals surface area contributed by atoms with Crippen LogP contribution in [0.25, 0.3) is 0 Å². The van der Waals surface area contributed by atoms with Crippen LogP contribution in [0.3, 0.4) is 0 Å². The SMILES string of the molecule is COc1cc(O)ccc1O.O. The Morgan fingerprint density at radius 3 is 2.36 bits per heavy atom. The molecule has 0 unspecified atom stereocenters. The van der Waals surface area contributed by atoms with Gasteiger partial charge in [-0.1, -0.05) is 0 Å². The maximum Gasteiger partial charge on any atom is 0.164 e. The van der Waals surface area contributed by atoms with Crippen molar-refractivity contribution in [3.8, 4) is 17.2 Å². The van der Waals surface area contributed by atoms with Crippen molar-refractivity contribution < 1.29 is 20.4 Å². The Labute approximate surface area is 64.0 Å². The fourth-order valence-electron chi connectivity index (χ4n) is 0.666. The molecule has 0 aliphatic rings. The monoisotopic (exact) mass is 158 g/mol. The van der Waals surface area contributed by atoms with Gasteiger partial charge in [0.1, 0.15) is 5.75 Å². The Balaban J connectivity index is 0.000001000. The van der Waals surface area contributed by atoms with Crippen molar-refractivity contribution in [2.24, 2.45) is 0 Å². The lowest BCUT2D eigenvalue weighted by atomic mass is 10.3. The van der Waals surface area contributed by atoms with Crippen molar-refractivity contribution in [1.29, 1.82) is 0 Å². The van der Waals surface area contributed by atoms with E-state index < -0.39 is 0 Å². The Hall–Kier alpha value is -1.42. The average Bonchev–Trinajstić information content (AvgIpc) is 1.94. The quantitative estimate of drug-likeness (QED) is 0.576. The predicted molar refractivity (Wildman–Crippen MR) is 39.9 cm³/mol. The molecule has 1 aromatic carbocycles. The standard InChI is InChI=1S/C7H8O3.H2O/c1-10-7-4-5(8)2-3-6(7)9;/h2-4,8-9H,1H3;1H2. The van der Waals surface area contributed by atoms with Crippen LogP contribution in [0.4, 0.5) is 0 Å². The van der Waals surface area contributed by atoms with Crippen LogP contribution in [0, 0.1) is 0 Å². The van der Waals surface area contributed by atoms with Crippen LogP contribution in [-0.4, -0.2) is 22.8 Å². The van der Waals surface area contributed by atoms with Crippen LogP contribution in [0.2, 0.25) is 0 Å². The molecule has 0 fully saturated rings. The first-order valence-corrected chi connectivity index (χ1v) is 2.80. The minimum atomic E-state index is 0. The molecule has 0 aliphatic heterocycles. The lowest BCUT2D eigenvalue weighted by molar-refractivity contribution is 0.368. The van der Waals surface area contributed by atoms with E-state index >= 15 is 0 Å². The summed E-state index contributed by atoms with van der Waals surface area (Å²) in [6.45, 7) is 0. The summed E-state index contributed by atoms with van der Waals surface area (Å²) in [5.41, 5.74) is 0. The number of hydrogen-bond acceptors (Lipinski definition) is 3. The third kappa shape index (κ3) is 2.01. The molecule has 0 radical (unpaired) electrons. The zero-order valence-electron chi connectivity index (χ0n) is 6.03. The lowest BCUT2D eigenvalue weighted by Crippen LogP contribution is -1.81. The van der Waals surface area contributed by atoms with Gasteiger partial charge in [0.25, 0.3) is 0 Å². The summed E-state index contributed by atoms with van der Waals surface area (Å²) in [6, 6.07) is 4.10. The molecule has 0 saturated heterocycles. The van der Waals surface area contributed by atoms with Crippen LogP contribution in [0.1, 0.15) is 0 Å². The van der Waals surface area contributed by atoms with Gasteiger partial charge in [0, 0.05) is 6.07 Å². The fraction of sp³-hybridized carbons (Fsp3) is 0.143. The van der Waals surface area contributed by atoms with Crippen molar-refractivity contribution >= 4 is 0 Å². The highest BCUT2D eigenvalue weighted by atomic mass is 16.5. The predicted octanol–water partition coefficient (Wildman–Crippen LogP) is 0.282. The number of phenols is 2. The normalized spacial score (nSPS) is 8.45. The third-order valence-electron chi connectivity index (χ3n) is 1.16. The maximum atomic E-state index is 9.00. The highest BCUT2D eigenvalue weighted by Gasteiger charge is 1.99. The number of ether oxygens (including phenoxy) is 1. The van der Waals surface area contributed by atoms with E-state index in [-0.39, 0.29) is 22.7 Å².